The van der Waals surface area contributed by atoms with Gasteiger partial charge < -0.3 is 0 Å². The molecule has 4 nitrogen and oxygen atoms in total. The molecule has 2 aromatic carbocycles. The second-order valence-corrected chi connectivity index (χ2v) is 6.96. The van der Waals surface area contributed by atoms with Crippen LogP contribution in [0.3, 0.4) is 0 Å². The number of hydrogen-bond acceptors (Lipinski definition) is 5. The van der Waals surface area contributed by atoms with E-state index >= 15 is 0 Å². The van der Waals surface area contributed by atoms with Gasteiger partial charge in [0.05, 0.1) is 0 Å². The third-order valence-corrected chi connectivity index (χ3v) is 5.00. The van der Waals surface area contributed by atoms with Crippen molar-refractivity contribution in [1.82, 2.24) is 10.2 Å². The highest BCUT2D eigenvalue weighted by Gasteiger charge is 2.12. The van der Waals surface area contributed by atoms with E-state index in [4.69, 9.17) is 0 Å². The van der Waals surface area contributed by atoms with Crippen molar-refractivity contribution in [3.63, 3.8) is 0 Å². The number of aromatic nitrogens is 2. The lowest BCUT2D eigenvalue weighted by molar-refractivity contribution is 0.102. The Labute approximate surface area is 144 Å². The first-order valence-electron chi connectivity index (χ1n) is 6.88. The number of nitrogens with zero attached hydrogens (tertiary/aromatic N) is 2. The van der Waals surface area contributed by atoms with Crippen molar-refractivity contribution >= 4 is 34.1 Å². The first-order chi connectivity index (χ1) is 11.6. The molecule has 122 valence electrons. The lowest BCUT2D eigenvalue weighted by Gasteiger charge is -2.01. The highest BCUT2D eigenvalue weighted by molar-refractivity contribution is 8.00. The third-order valence-electron chi connectivity index (χ3n) is 2.96. The Morgan fingerprint density at radius 2 is 1.79 bits per heavy atom. The van der Waals surface area contributed by atoms with Crippen molar-refractivity contribution in [2.75, 3.05) is 5.32 Å². The summed E-state index contributed by atoms with van der Waals surface area (Å²) in [7, 11) is 0. The predicted molar refractivity (Wildman–Crippen MR) is 90.2 cm³/mol. The predicted octanol–water partition coefficient (Wildman–Crippen LogP) is 4.36. The van der Waals surface area contributed by atoms with Crippen molar-refractivity contribution in [3.05, 3.63) is 71.3 Å². The van der Waals surface area contributed by atoms with Gasteiger partial charge in [0.25, 0.3) is 5.91 Å². The zero-order chi connectivity index (χ0) is 16.9. The number of amides is 1. The molecule has 1 aromatic heterocycles. The number of carbonyl (C=O) groups excluding carboxylic acids is 1. The van der Waals surface area contributed by atoms with Crippen LogP contribution in [0, 0.1) is 11.6 Å². The summed E-state index contributed by atoms with van der Waals surface area (Å²) in [5.41, 5.74) is 1.04. The van der Waals surface area contributed by atoms with Crippen LogP contribution in [0.2, 0.25) is 0 Å². The third kappa shape index (κ3) is 4.36. The maximum atomic E-state index is 13.1. The van der Waals surface area contributed by atoms with E-state index in [9.17, 15) is 13.6 Å². The minimum Gasteiger partial charge on any atom is -0.296 e. The van der Waals surface area contributed by atoms with E-state index < -0.39 is 17.5 Å². The second kappa shape index (κ2) is 7.50. The molecule has 0 aliphatic rings. The highest BCUT2D eigenvalue weighted by Crippen LogP contribution is 2.28. The molecule has 0 aliphatic carbocycles. The maximum absolute atomic E-state index is 13.1. The Morgan fingerprint density at radius 1 is 1.08 bits per heavy atom. The van der Waals surface area contributed by atoms with Crippen LogP contribution in [0.5, 0.6) is 0 Å². The first-order valence-corrected chi connectivity index (χ1v) is 8.68. The average Bonchev–Trinajstić information content (AvgIpc) is 3.00. The minimum atomic E-state index is -0.809. The van der Waals surface area contributed by atoms with E-state index in [1.165, 1.54) is 23.1 Å². The number of halogens is 2. The lowest BCUT2D eigenvalue weighted by atomic mass is 10.2. The Hall–Kier alpha value is -2.32. The Morgan fingerprint density at radius 3 is 2.50 bits per heavy atom. The molecule has 3 rings (SSSR count). The molecular formula is C16H11F2N3OS2. The summed E-state index contributed by atoms with van der Waals surface area (Å²) in [6, 6.07) is 12.5. The van der Waals surface area contributed by atoms with E-state index in [-0.39, 0.29) is 10.7 Å². The van der Waals surface area contributed by atoms with E-state index in [2.05, 4.69) is 15.5 Å². The molecule has 0 saturated carbocycles. The van der Waals surface area contributed by atoms with Gasteiger partial charge >= 0.3 is 0 Å². The minimum absolute atomic E-state index is 0.110. The Bertz CT molecular complexity index is 835. The fraction of sp³-hybridized carbons (Fsp3) is 0.0625. The zero-order valence-corrected chi connectivity index (χ0v) is 13.8. The molecule has 0 saturated heterocycles. The van der Waals surface area contributed by atoms with E-state index in [0.29, 0.717) is 10.4 Å². The quantitative estimate of drug-likeness (QED) is 0.540. The SMILES string of the molecule is O=C(Nc1nnc(SCc2ccccc2)s1)c1cc(F)cc(F)c1. The van der Waals surface area contributed by atoms with Crippen LogP contribution in [0.15, 0.2) is 52.9 Å². The number of anilines is 1. The average molecular weight is 363 g/mol. The van der Waals surface area contributed by atoms with E-state index in [1.807, 2.05) is 30.3 Å². The van der Waals surface area contributed by atoms with Crippen molar-refractivity contribution in [2.45, 2.75) is 10.1 Å². The van der Waals surface area contributed by atoms with Gasteiger partial charge in [0.1, 0.15) is 11.6 Å². The smallest absolute Gasteiger partial charge is 0.257 e. The highest BCUT2D eigenvalue weighted by atomic mass is 32.2. The van der Waals surface area contributed by atoms with Gasteiger partial charge in [0, 0.05) is 17.4 Å². The standard InChI is InChI=1S/C16H11F2N3OS2/c17-12-6-11(7-13(18)8-12)14(22)19-15-20-21-16(24-15)23-9-10-4-2-1-3-5-10/h1-8H,9H2,(H,19,20,22). The van der Waals surface area contributed by atoms with Crippen molar-refractivity contribution in [1.29, 1.82) is 0 Å². The summed E-state index contributed by atoms with van der Waals surface area (Å²) in [5, 5.41) is 10.6. The molecule has 0 aliphatic heterocycles. The lowest BCUT2D eigenvalue weighted by Crippen LogP contribution is -2.12. The van der Waals surface area contributed by atoms with Gasteiger partial charge in [-0.15, -0.1) is 10.2 Å². The largest absolute Gasteiger partial charge is 0.296 e. The van der Waals surface area contributed by atoms with Crippen molar-refractivity contribution in [2.24, 2.45) is 0 Å². The number of carbonyl (C=O) groups is 1. The van der Waals surface area contributed by atoms with Gasteiger partial charge in [-0.3, -0.25) is 10.1 Å². The fourth-order valence-electron chi connectivity index (χ4n) is 1.89. The van der Waals surface area contributed by atoms with Crippen LogP contribution >= 0.6 is 23.1 Å². The molecular weight excluding hydrogens is 352 g/mol. The molecule has 0 radical (unpaired) electrons. The van der Waals surface area contributed by atoms with Crippen LogP contribution in [-0.4, -0.2) is 16.1 Å². The van der Waals surface area contributed by atoms with E-state index in [1.54, 1.807) is 0 Å². The van der Waals surface area contributed by atoms with Gasteiger partial charge in [0.2, 0.25) is 5.13 Å². The topological polar surface area (TPSA) is 54.9 Å². The molecule has 0 spiro atoms. The fourth-order valence-corrected chi connectivity index (χ4v) is 3.59. The van der Waals surface area contributed by atoms with Crippen molar-refractivity contribution in [3.8, 4) is 0 Å². The summed E-state index contributed by atoms with van der Waals surface area (Å²) in [5.74, 6) is -1.52. The van der Waals surface area contributed by atoms with Gasteiger partial charge in [0.15, 0.2) is 4.34 Å². The number of thioether (sulfide) groups is 1. The summed E-state index contributed by atoms with van der Waals surface area (Å²) in [4.78, 5) is 12.0. The molecule has 1 amide bonds. The van der Waals surface area contributed by atoms with Crippen LogP contribution in [0.1, 0.15) is 15.9 Å². The normalized spacial score (nSPS) is 10.6. The number of benzene rings is 2. The maximum Gasteiger partial charge on any atom is 0.257 e. The first kappa shape index (κ1) is 16.5. The summed E-state index contributed by atoms with van der Waals surface area (Å²) in [6.07, 6.45) is 0. The number of hydrogen-bond donors (Lipinski definition) is 1. The van der Waals surface area contributed by atoms with Gasteiger partial charge in [-0.1, -0.05) is 53.4 Å². The monoisotopic (exact) mass is 363 g/mol. The molecule has 0 unspecified atom stereocenters. The molecule has 1 N–H and O–H groups in total. The molecule has 0 atom stereocenters. The molecule has 1 heterocycles. The summed E-state index contributed by atoms with van der Waals surface area (Å²) < 4.78 is 27.0. The van der Waals surface area contributed by atoms with Crippen molar-refractivity contribution < 1.29 is 13.6 Å². The summed E-state index contributed by atoms with van der Waals surface area (Å²) >= 11 is 2.70. The molecule has 0 fully saturated rings. The van der Waals surface area contributed by atoms with Crippen LogP contribution in [0.4, 0.5) is 13.9 Å². The number of rotatable bonds is 5. The van der Waals surface area contributed by atoms with Crippen LogP contribution in [-0.2, 0) is 5.75 Å². The molecule has 24 heavy (non-hydrogen) atoms. The number of nitrogens with one attached hydrogen (secondary N) is 1. The molecule has 3 aromatic rings. The Kier molecular flexibility index (Phi) is 5.17. The van der Waals surface area contributed by atoms with Crippen LogP contribution < -0.4 is 5.32 Å². The van der Waals surface area contributed by atoms with E-state index in [0.717, 1.165) is 23.4 Å². The van der Waals surface area contributed by atoms with Gasteiger partial charge in [-0.25, -0.2) is 8.78 Å². The zero-order valence-electron chi connectivity index (χ0n) is 12.2. The summed E-state index contributed by atoms with van der Waals surface area (Å²) in [6.45, 7) is 0. The Balaban J connectivity index is 1.62. The molecule has 8 heteroatoms. The second-order valence-electron chi connectivity index (χ2n) is 4.76. The molecule has 0 bridgehead atoms. The van der Waals surface area contributed by atoms with Crippen LogP contribution in [0.25, 0.3) is 0 Å². The van der Waals surface area contributed by atoms with Gasteiger partial charge in [-0.2, -0.15) is 0 Å². The van der Waals surface area contributed by atoms with Gasteiger partial charge in [-0.05, 0) is 17.7 Å².